The fourth-order valence-electron chi connectivity index (χ4n) is 4.47. The minimum absolute atomic E-state index is 0.128. The van der Waals surface area contributed by atoms with Crippen molar-refractivity contribution in [2.75, 3.05) is 11.4 Å². The highest BCUT2D eigenvalue weighted by Crippen LogP contribution is 2.67. The van der Waals surface area contributed by atoms with Gasteiger partial charge in [0.2, 0.25) is 5.60 Å². The van der Waals surface area contributed by atoms with Gasteiger partial charge in [0.15, 0.2) is 29.9 Å². The summed E-state index contributed by atoms with van der Waals surface area (Å²) in [4.78, 5) is 41.8. The van der Waals surface area contributed by atoms with Gasteiger partial charge in [0.05, 0.1) is 17.0 Å². The molecule has 2 aromatic carbocycles. The van der Waals surface area contributed by atoms with Crippen LogP contribution in [0.4, 0.5) is 10.2 Å². The zero-order valence-electron chi connectivity index (χ0n) is 18.4. The second-order valence-corrected chi connectivity index (χ2v) is 8.52. The van der Waals surface area contributed by atoms with Crippen LogP contribution >= 0.6 is 11.6 Å². The number of aromatic nitrogens is 2. The zero-order chi connectivity index (χ0) is 25.5. The highest BCUT2D eigenvalue weighted by Gasteiger charge is 2.93. The Bertz CT molecular complexity index is 1360. The van der Waals surface area contributed by atoms with E-state index in [4.69, 9.17) is 31.0 Å². The third-order valence-corrected chi connectivity index (χ3v) is 6.70. The highest BCUT2D eigenvalue weighted by molar-refractivity contribution is 6.19. The molecule has 1 aromatic heterocycles. The van der Waals surface area contributed by atoms with Gasteiger partial charge in [-0.1, -0.05) is 36.4 Å². The van der Waals surface area contributed by atoms with Gasteiger partial charge in [-0.3, -0.25) is 15.3 Å². The quantitative estimate of drug-likeness (QED) is 0.277. The average Bonchev–Trinajstić information content (AvgIpc) is 3.35. The average molecular weight is 516 g/mol. The molecule has 2 aliphatic rings. The normalized spacial score (nSPS) is 28.1. The summed E-state index contributed by atoms with van der Waals surface area (Å²) in [6.07, 6.45) is -4.02. The number of alkyl halides is 2. The topological polar surface area (TPSA) is 129 Å². The molecule has 0 spiro atoms. The molecule has 1 saturated carbocycles. The van der Waals surface area contributed by atoms with Gasteiger partial charge in [-0.05, 0) is 30.3 Å². The van der Waals surface area contributed by atoms with Crippen molar-refractivity contribution >= 4 is 29.4 Å². The Kier molecular flexibility index (Phi) is 5.99. The van der Waals surface area contributed by atoms with Crippen LogP contribution in [0.1, 0.15) is 26.9 Å². The third-order valence-electron chi connectivity index (χ3n) is 6.30. The molecule has 5 rings (SSSR count). The summed E-state index contributed by atoms with van der Waals surface area (Å²) in [6.45, 7) is 0. The van der Waals surface area contributed by atoms with E-state index in [0.29, 0.717) is 0 Å². The van der Waals surface area contributed by atoms with Gasteiger partial charge in [-0.15, -0.1) is 11.6 Å². The van der Waals surface area contributed by atoms with E-state index in [2.05, 4.69) is 4.98 Å². The summed E-state index contributed by atoms with van der Waals surface area (Å²) < 4.78 is 34.2. The van der Waals surface area contributed by atoms with Gasteiger partial charge in [0.25, 0.3) is 0 Å². The molecule has 12 heteroatoms. The molecule has 186 valence electrons. The number of halogens is 2. The van der Waals surface area contributed by atoms with E-state index in [-0.39, 0.29) is 16.9 Å². The van der Waals surface area contributed by atoms with Crippen LogP contribution in [0.25, 0.3) is 0 Å². The van der Waals surface area contributed by atoms with Crippen molar-refractivity contribution in [1.82, 2.24) is 9.55 Å². The Morgan fingerprint density at radius 3 is 2.25 bits per heavy atom. The van der Waals surface area contributed by atoms with Crippen molar-refractivity contribution in [2.45, 2.75) is 29.7 Å². The lowest BCUT2D eigenvalue weighted by molar-refractivity contribution is -0.0925. The Morgan fingerprint density at radius 1 is 1.08 bits per heavy atom. The molecule has 2 fully saturated rings. The molecule has 5 atom stereocenters. The molecular weight excluding hydrogens is 497 g/mol. The maximum Gasteiger partial charge on any atom is 0.351 e. The van der Waals surface area contributed by atoms with Gasteiger partial charge >= 0.3 is 17.6 Å². The largest absolute Gasteiger partial charge is 0.451 e. The lowest BCUT2D eigenvalue weighted by Crippen LogP contribution is -2.41. The van der Waals surface area contributed by atoms with Gasteiger partial charge in [0.1, 0.15) is 0 Å². The van der Waals surface area contributed by atoms with Crippen LogP contribution in [-0.2, 0) is 14.2 Å². The summed E-state index contributed by atoms with van der Waals surface area (Å²) in [5.41, 5.74) is -2.82. The number of esters is 2. The molecule has 2 N–H and O–H groups in total. The number of ether oxygens (including phenoxy) is 3. The fourth-order valence-corrected chi connectivity index (χ4v) is 4.89. The predicted molar refractivity (Wildman–Crippen MR) is 123 cm³/mol. The number of carbonyl (C=O) groups is 2. The molecule has 1 aliphatic carbocycles. The summed E-state index contributed by atoms with van der Waals surface area (Å²) in [7, 11) is 0. The van der Waals surface area contributed by atoms with Crippen molar-refractivity contribution in [3.8, 4) is 0 Å². The second-order valence-electron chi connectivity index (χ2n) is 8.25. The number of anilines is 1. The standard InChI is InChI=1S/C24H19ClFN3O7/c25-13-23-21(34-19(30)14-7-3-1-4-8-14)24(23,36-20(31)15-9-5-2-6-10-15)17(26)18(35-23)29-12-11-16(28-33)27-22(29)32/h1-12,17-18,21,33H,13H2,(H,27,28,32)/t17-,18+,21?,23?,24+/m0/s1. The minimum atomic E-state index is -2.18. The first-order chi connectivity index (χ1) is 17.4. The van der Waals surface area contributed by atoms with E-state index >= 15 is 4.39 Å². The van der Waals surface area contributed by atoms with Crippen LogP contribution in [0.2, 0.25) is 0 Å². The van der Waals surface area contributed by atoms with Gasteiger partial charge < -0.3 is 14.2 Å². The molecule has 0 amide bonds. The van der Waals surface area contributed by atoms with Crippen LogP contribution in [0.3, 0.4) is 0 Å². The Labute approximate surface area is 208 Å². The predicted octanol–water partition coefficient (Wildman–Crippen LogP) is 2.72. The number of hydrogen-bond acceptors (Lipinski definition) is 9. The van der Waals surface area contributed by atoms with Crippen LogP contribution in [0, 0.1) is 0 Å². The van der Waals surface area contributed by atoms with E-state index in [1.165, 1.54) is 30.3 Å². The van der Waals surface area contributed by atoms with E-state index in [1.807, 2.05) is 0 Å². The summed E-state index contributed by atoms with van der Waals surface area (Å²) in [5.74, 6) is -2.27. The Balaban J connectivity index is 1.52. The lowest BCUT2D eigenvalue weighted by atomic mass is 10.1. The highest BCUT2D eigenvalue weighted by atomic mass is 35.5. The first kappa shape index (κ1) is 23.9. The maximum absolute atomic E-state index is 16.2. The van der Waals surface area contributed by atoms with E-state index < -0.39 is 53.2 Å². The van der Waals surface area contributed by atoms with Crippen molar-refractivity contribution in [2.24, 2.45) is 0 Å². The third kappa shape index (κ3) is 3.55. The molecule has 3 aromatic rings. The number of benzene rings is 2. The van der Waals surface area contributed by atoms with Crippen molar-refractivity contribution in [3.05, 3.63) is 94.5 Å². The number of carbonyl (C=O) groups excluding carboxylic acids is 2. The molecule has 0 bridgehead atoms. The zero-order valence-corrected chi connectivity index (χ0v) is 19.2. The SMILES string of the molecule is O=C(OC1C2(CCl)O[C@@H](n3ccc(NO)nc3=O)[C@H](F)[C@@]12OC(=O)c1ccccc1)c1ccccc1. The molecule has 2 heterocycles. The van der Waals surface area contributed by atoms with Crippen molar-refractivity contribution in [3.63, 3.8) is 0 Å². The summed E-state index contributed by atoms with van der Waals surface area (Å²) in [6, 6.07) is 17.0. The molecule has 1 saturated heterocycles. The lowest BCUT2D eigenvalue weighted by Gasteiger charge is -2.24. The van der Waals surface area contributed by atoms with Crippen molar-refractivity contribution < 1.29 is 33.4 Å². The molecular formula is C24H19ClFN3O7. The monoisotopic (exact) mass is 515 g/mol. The summed E-state index contributed by atoms with van der Waals surface area (Å²) >= 11 is 6.22. The molecule has 0 radical (unpaired) electrons. The number of nitrogens with one attached hydrogen (secondary N) is 1. The molecule has 2 unspecified atom stereocenters. The number of fused-ring (bicyclic) bond motifs is 1. The minimum Gasteiger partial charge on any atom is -0.451 e. The van der Waals surface area contributed by atoms with Crippen LogP contribution in [0.5, 0.6) is 0 Å². The first-order valence-electron chi connectivity index (χ1n) is 10.8. The number of rotatable bonds is 7. The number of hydrogen-bond donors (Lipinski definition) is 2. The van der Waals surface area contributed by atoms with Gasteiger partial charge in [-0.2, -0.15) is 4.98 Å². The van der Waals surface area contributed by atoms with Gasteiger partial charge in [0, 0.05) is 6.20 Å². The van der Waals surface area contributed by atoms with Gasteiger partial charge in [-0.25, -0.2) is 18.8 Å². The first-order valence-corrected chi connectivity index (χ1v) is 11.3. The second kappa shape index (κ2) is 9.01. The Hall–Kier alpha value is -3.80. The van der Waals surface area contributed by atoms with E-state index in [9.17, 15) is 14.4 Å². The fraction of sp³-hybridized carbons (Fsp3) is 0.250. The van der Waals surface area contributed by atoms with Crippen LogP contribution in [-0.4, -0.2) is 56.1 Å². The smallest absolute Gasteiger partial charge is 0.351 e. The van der Waals surface area contributed by atoms with Crippen molar-refractivity contribution in [1.29, 1.82) is 0 Å². The van der Waals surface area contributed by atoms with E-state index in [1.54, 1.807) is 41.9 Å². The van der Waals surface area contributed by atoms with Crippen LogP contribution < -0.4 is 11.2 Å². The molecule has 36 heavy (non-hydrogen) atoms. The summed E-state index contributed by atoms with van der Waals surface area (Å²) in [5, 5.41) is 8.97. The molecule has 10 nitrogen and oxygen atoms in total. The van der Waals surface area contributed by atoms with E-state index in [0.717, 1.165) is 10.8 Å². The Morgan fingerprint density at radius 2 is 1.69 bits per heavy atom. The molecule has 1 aliphatic heterocycles. The number of nitrogens with zero attached hydrogens (tertiary/aromatic N) is 2. The van der Waals surface area contributed by atoms with Crippen LogP contribution in [0.15, 0.2) is 77.7 Å². The maximum atomic E-state index is 16.2.